The zero-order chi connectivity index (χ0) is 13.2. The molecular formula is C12H17NO4S. The van der Waals surface area contributed by atoms with Gasteiger partial charge in [0.25, 0.3) is 0 Å². The van der Waals surface area contributed by atoms with Gasteiger partial charge in [0.15, 0.2) is 9.84 Å². The van der Waals surface area contributed by atoms with Crippen LogP contribution in [0.1, 0.15) is 25.5 Å². The summed E-state index contributed by atoms with van der Waals surface area (Å²) in [7, 11) is -2.99. The molecule has 0 radical (unpaired) electrons. The number of furan rings is 1. The summed E-state index contributed by atoms with van der Waals surface area (Å²) in [5, 5.41) is 2.81. The highest BCUT2D eigenvalue weighted by molar-refractivity contribution is 7.91. The molecule has 5 nitrogen and oxygen atoms in total. The molecule has 1 aromatic heterocycles. The average Bonchev–Trinajstić information content (AvgIpc) is 2.84. The van der Waals surface area contributed by atoms with Crippen molar-refractivity contribution in [2.75, 3.05) is 11.5 Å². The molecular weight excluding hydrogens is 254 g/mol. The van der Waals surface area contributed by atoms with Crippen LogP contribution >= 0.6 is 0 Å². The van der Waals surface area contributed by atoms with Crippen LogP contribution in [-0.2, 0) is 21.1 Å². The molecule has 0 spiro atoms. The smallest absolute Gasteiger partial charge is 0.220 e. The molecule has 100 valence electrons. The molecule has 0 unspecified atom stereocenters. The predicted octanol–water partition coefficient (Wildman–Crippen LogP) is 0.906. The van der Waals surface area contributed by atoms with Crippen LogP contribution in [-0.4, -0.2) is 31.4 Å². The average molecular weight is 271 g/mol. The van der Waals surface area contributed by atoms with E-state index in [0.29, 0.717) is 19.3 Å². The molecule has 1 N–H and O–H groups in total. The number of amides is 1. The van der Waals surface area contributed by atoms with Gasteiger partial charge in [-0.05, 0) is 25.5 Å². The summed E-state index contributed by atoms with van der Waals surface area (Å²) >= 11 is 0. The Kier molecular flexibility index (Phi) is 3.47. The van der Waals surface area contributed by atoms with Crippen molar-refractivity contribution in [3.05, 3.63) is 24.2 Å². The minimum Gasteiger partial charge on any atom is -0.469 e. The Morgan fingerprint density at radius 1 is 1.56 bits per heavy atom. The Bertz CT molecular complexity index is 520. The van der Waals surface area contributed by atoms with Gasteiger partial charge in [-0.15, -0.1) is 0 Å². The van der Waals surface area contributed by atoms with Crippen molar-refractivity contribution in [3.8, 4) is 0 Å². The van der Waals surface area contributed by atoms with Crippen LogP contribution in [0.4, 0.5) is 0 Å². The van der Waals surface area contributed by atoms with Crippen LogP contribution in [0.3, 0.4) is 0 Å². The lowest BCUT2D eigenvalue weighted by Gasteiger charge is -2.23. The maximum atomic E-state index is 11.8. The van der Waals surface area contributed by atoms with E-state index >= 15 is 0 Å². The first-order chi connectivity index (χ1) is 8.39. The molecule has 0 bridgehead atoms. The molecule has 2 rings (SSSR count). The molecule has 1 atom stereocenters. The lowest BCUT2D eigenvalue weighted by molar-refractivity contribution is -0.122. The van der Waals surface area contributed by atoms with Gasteiger partial charge in [0.1, 0.15) is 5.76 Å². The fourth-order valence-corrected chi connectivity index (χ4v) is 4.29. The maximum Gasteiger partial charge on any atom is 0.220 e. The zero-order valence-electron chi connectivity index (χ0n) is 10.3. The third kappa shape index (κ3) is 3.35. The Morgan fingerprint density at radius 3 is 2.89 bits per heavy atom. The molecule has 0 saturated carbocycles. The van der Waals surface area contributed by atoms with Gasteiger partial charge in [0, 0.05) is 12.8 Å². The van der Waals surface area contributed by atoms with Crippen LogP contribution < -0.4 is 5.32 Å². The normalized spacial score (nSPS) is 26.1. The summed E-state index contributed by atoms with van der Waals surface area (Å²) in [6, 6.07) is 3.59. The van der Waals surface area contributed by atoms with Crippen LogP contribution in [0.5, 0.6) is 0 Å². The molecule has 18 heavy (non-hydrogen) atoms. The van der Waals surface area contributed by atoms with Crippen molar-refractivity contribution in [1.82, 2.24) is 5.32 Å². The second kappa shape index (κ2) is 4.76. The zero-order valence-corrected chi connectivity index (χ0v) is 11.1. The van der Waals surface area contributed by atoms with Crippen molar-refractivity contribution in [3.63, 3.8) is 0 Å². The molecule has 1 fully saturated rings. The van der Waals surface area contributed by atoms with Gasteiger partial charge in [-0.3, -0.25) is 4.79 Å². The quantitative estimate of drug-likeness (QED) is 0.883. The summed E-state index contributed by atoms with van der Waals surface area (Å²) in [5.41, 5.74) is -0.612. The van der Waals surface area contributed by atoms with E-state index in [2.05, 4.69) is 5.32 Å². The summed E-state index contributed by atoms with van der Waals surface area (Å²) in [5.74, 6) is 0.814. The minimum atomic E-state index is -2.99. The number of hydrogen-bond acceptors (Lipinski definition) is 4. The number of carbonyl (C=O) groups is 1. The highest BCUT2D eigenvalue weighted by Crippen LogP contribution is 2.22. The molecule has 1 aliphatic heterocycles. The highest BCUT2D eigenvalue weighted by atomic mass is 32.2. The van der Waals surface area contributed by atoms with Crippen molar-refractivity contribution < 1.29 is 17.6 Å². The number of sulfone groups is 1. The first kappa shape index (κ1) is 13.1. The van der Waals surface area contributed by atoms with E-state index in [-0.39, 0.29) is 17.4 Å². The standard InChI is InChI=1S/C12H17NO4S/c1-12(6-8-18(15,16)9-12)13-11(14)5-4-10-3-2-7-17-10/h2-3,7H,4-6,8-9H2,1H3,(H,13,14)/t12-/m1/s1. The van der Waals surface area contributed by atoms with E-state index in [1.54, 1.807) is 19.3 Å². The Labute approximate surface area is 106 Å². The van der Waals surface area contributed by atoms with E-state index < -0.39 is 15.4 Å². The molecule has 1 amide bonds. The van der Waals surface area contributed by atoms with Crippen LogP contribution in [0.2, 0.25) is 0 Å². The fraction of sp³-hybridized carbons (Fsp3) is 0.583. The van der Waals surface area contributed by atoms with Gasteiger partial charge in [-0.2, -0.15) is 0 Å². The second-order valence-electron chi connectivity index (χ2n) is 5.03. The number of carbonyl (C=O) groups excluding carboxylic acids is 1. The van der Waals surface area contributed by atoms with Gasteiger partial charge in [0.05, 0.1) is 23.3 Å². The van der Waals surface area contributed by atoms with Gasteiger partial charge in [0.2, 0.25) is 5.91 Å². The third-order valence-corrected chi connectivity index (χ3v) is 5.03. The summed E-state index contributed by atoms with van der Waals surface area (Å²) in [6.45, 7) is 1.78. The predicted molar refractivity (Wildman–Crippen MR) is 66.8 cm³/mol. The summed E-state index contributed by atoms with van der Waals surface area (Å²) in [4.78, 5) is 11.8. The van der Waals surface area contributed by atoms with E-state index in [9.17, 15) is 13.2 Å². The van der Waals surface area contributed by atoms with E-state index in [0.717, 1.165) is 5.76 Å². The molecule has 2 heterocycles. The third-order valence-electron chi connectivity index (χ3n) is 3.12. The number of rotatable bonds is 4. The minimum absolute atomic E-state index is 0.0342. The lowest BCUT2D eigenvalue weighted by Crippen LogP contribution is -2.46. The highest BCUT2D eigenvalue weighted by Gasteiger charge is 2.39. The molecule has 6 heteroatoms. The number of aryl methyl sites for hydroxylation is 1. The van der Waals surface area contributed by atoms with Crippen molar-refractivity contribution in [2.24, 2.45) is 0 Å². The van der Waals surface area contributed by atoms with Gasteiger partial charge in [-0.25, -0.2) is 8.42 Å². The Balaban J connectivity index is 1.84. The fourth-order valence-electron chi connectivity index (χ4n) is 2.20. The van der Waals surface area contributed by atoms with Gasteiger partial charge < -0.3 is 9.73 Å². The maximum absolute atomic E-state index is 11.8. The van der Waals surface area contributed by atoms with Crippen molar-refractivity contribution >= 4 is 15.7 Å². The Morgan fingerprint density at radius 2 is 2.33 bits per heavy atom. The topological polar surface area (TPSA) is 76.4 Å². The van der Waals surface area contributed by atoms with Crippen molar-refractivity contribution in [1.29, 1.82) is 0 Å². The van der Waals surface area contributed by atoms with Crippen LogP contribution in [0.25, 0.3) is 0 Å². The van der Waals surface area contributed by atoms with Gasteiger partial charge in [-0.1, -0.05) is 0 Å². The summed E-state index contributed by atoms with van der Waals surface area (Å²) < 4.78 is 27.9. The van der Waals surface area contributed by atoms with Gasteiger partial charge >= 0.3 is 0 Å². The molecule has 1 aliphatic rings. The van der Waals surface area contributed by atoms with E-state index in [4.69, 9.17) is 4.42 Å². The lowest BCUT2D eigenvalue weighted by atomic mass is 10.0. The molecule has 0 aromatic carbocycles. The van der Waals surface area contributed by atoms with Crippen molar-refractivity contribution in [2.45, 2.75) is 31.7 Å². The molecule has 1 aromatic rings. The Hall–Kier alpha value is -1.30. The SMILES string of the molecule is C[C@@]1(NC(=O)CCc2ccco2)CCS(=O)(=O)C1. The number of nitrogens with one attached hydrogen (secondary N) is 1. The largest absolute Gasteiger partial charge is 0.469 e. The first-order valence-electron chi connectivity index (χ1n) is 5.92. The second-order valence-corrected chi connectivity index (χ2v) is 7.21. The molecule has 0 aliphatic carbocycles. The molecule has 1 saturated heterocycles. The van der Waals surface area contributed by atoms with E-state index in [1.165, 1.54) is 0 Å². The van der Waals surface area contributed by atoms with Crippen LogP contribution in [0, 0.1) is 0 Å². The monoisotopic (exact) mass is 271 g/mol. The summed E-state index contributed by atoms with van der Waals surface area (Å²) in [6.07, 6.45) is 2.89. The number of hydrogen-bond donors (Lipinski definition) is 1. The first-order valence-corrected chi connectivity index (χ1v) is 7.75. The van der Waals surface area contributed by atoms with Crippen LogP contribution in [0.15, 0.2) is 22.8 Å². The van der Waals surface area contributed by atoms with E-state index in [1.807, 2.05) is 6.07 Å².